The highest BCUT2D eigenvalue weighted by molar-refractivity contribution is 7.13. The molecule has 0 unspecified atom stereocenters. The maximum atomic E-state index is 14.1. The number of nitrogen functional groups attached to an aromatic ring is 1. The number of hydrogen-bond acceptors (Lipinski definition) is 12. The Bertz CT molecular complexity index is 2150. The molecule has 2 aliphatic rings. The fourth-order valence-electron chi connectivity index (χ4n) is 7.81. The van der Waals surface area contributed by atoms with E-state index in [0.29, 0.717) is 68.8 Å². The number of benzene rings is 2. The first kappa shape index (κ1) is 44.0. The Morgan fingerprint density at radius 3 is 2.32 bits per heavy atom. The minimum Gasteiger partial charge on any atom is -0.507 e. The van der Waals surface area contributed by atoms with E-state index >= 15 is 0 Å². The molecule has 2 aromatic carbocycles. The van der Waals surface area contributed by atoms with Crippen LogP contribution in [0.2, 0.25) is 0 Å². The van der Waals surface area contributed by atoms with Crippen LogP contribution >= 0.6 is 11.3 Å². The van der Waals surface area contributed by atoms with Crippen LogP contribution in [0.5, 0.6) is 5.75 Å². The van der Waals surface area contributed by atoms with E-state index in [-0.39, 0.29) is 54.7 Å². The van der Waals surface area contributed by atoms with E-state index < -0.39 is 29.5 Å². The second-order valence-corrected chi connectivity index (χ2v) is 17.7. The molecule has 0 aliphatic carbocycles. The number of phenols is 1. The summed E-state index contributed by atoms with van der Waals surface area (Å²) >= 11 is 1.57. The SMILES string of the molecule is Cc1ncsc1-c1ccc([C@@H](C)NC(=O)[C@H]2C[C@H](O)CN2C(=O)[C@H](NC(=O)CCCCCC(=O)N2CCN(c3cc(-c4ccccc4O)nnc3N)CC2)C(C)(C)C)cc1. The molecular formula is C44H57N9O6S. The van der Waals surface area contributed by atoms with Gasteiger partial charge < -0.3 is 41.3 Å². The average Bonchev–Trinajstić information content (AvgIpc) is 3.84. The van der Waals surface area contributed by atoms with Gasteiger partial charge in [-0.05, 0) is 61.4 Å². The van der Waals surface area contributed by atoms with Gasteiger partial charge in [0.2, 0.25) is 23.6 Å². The normalized spacial score (nSPS) is 17.9. The van der Waals surface area contributed by atoms with Crippen molar-refractivity contribution in [2.45, 2.75) is 97.4 Å². The van der Waals surface area contributed by atoms with E-state index in [1.54, 1.807) is 29.5 Å². The smallest absolute Gasteiger partial charge is 0.246 e. The molecule has 2 aliphatic heterocycles. The molecule has 60 heavy (non-hydrogen) atoms. The Morgan fingerprint density at radius 1 is 0.950 bits per heavy atom. The number of nitrogens with two attached hydrogens (primary N) is 1. The monoisotopic (exact) mass is 839 g/mol. The number of carbonyl (C=O) groups excluding carboxylic acids is 4. The fourth-order valence-corrected chi connectivity index (χ4v) is 8.62. The number of thiazole rings is 1. The number of nitrogens with zero attached hydrogens (tertiary/aromatic N) is 6. The first-order valence-electron chi connectivity index (χ1n) is 20.6. The van der Waals surface area contributed by atoms with Crippen LogP contribution in [0.3, 0.4) is 0 Å². The molecule has 0 saturated carbocycles. The van der Waals surface area contributed by atoms with E-state index in [1.165, 1.54) is 4.90 Å². The number of aryl methyl sites for hydroxylation is 1. The largest absolute Gasteiger partial charge is 0.507 e. The first-order valence-corrected chi connectivity index (χ1v) is 21.5. The van der Waals surface area contributed by atoms with Gasteiger partial charge in [0.05, 0.1) is 39.6 Å². The van der Waals surface area contributed by atoms with Crippen molar-refractivity contribution in [2.24, 2.45) is 5.41 Å². The molecule has 4 aromatic rings. The number of anilines is 2. The highest BCUT2D eigenvalue weighted by Gasteiger charge is 2.44. The Kier molecular flexibility index (Phi) is 14.1. The topological polar surface area (TPSA) is 207 Å². The van der Waals surface area contributed by atoms with E-state index in [0.717, 1.165) is 21.7 Å². The van der Waals surface area contributed by atoms with Crippen molar-refractivity contribution in [1.29, 1.82) is 0 Å². The van der Waals surface area contributed by atoms with Gasteiger partial charge in [-0.1, -0.05) is 63.6 Å². The molecule has 2 aromatic heterocycles. The quantitative estimate of drug-likeness (QED) is 0.109. The molecule has 6 N–H and O–H groups in total. The summed E-state index contributed by atoms with van der Waals surface area (Å²) in [6.07, 6.45) is 1.60. The maximum Gasteiger partial charge on any atom is 0.246 e. The fraction of sp³-hybridized carbons (Fsp3) is 0.477. The third-order valence-corrected chi connectivity index (χ3v) is 12.3. The molecule has 4 amide bonds. The molecule has 0 bridgehead atoms. The third-order valence-electron chi connectivity index (χ3n) is 11.3. The molecule has 4 atom stereocenters. The molecule has 6 rings (SSSR count). The van der Waals surface area contributed by atoms with E-state index in [1.807, 2.05) is 81.4 Å². The summed E-state index contributed by atoms with van der Waals surface area (Å²) in [6, 6.07) is 14.5. The summed E-state index contributed by atoms with van der Waals surface area (Å²) in [5.74, 6) is -0.620. The molecule has 0 radical (unpaired) electrons. The van der Waals surface area contributed by atoms with Gasteiger partial charge in [0, 0.05) is 57.5 Å². The van der Waals surface area contributed by atoms with Crippen LogP contribution in [0.15, 0.2) is 60.1 Å². The molecule has 4 heterocycles. The summed E-state index contributed by atoms with van der Waals surface area (Å²) < 4.78 is 0. The van der Waals surface area contributed by atoms with Crippen molar-refractivity contribution in [3.63, 3.8) is 0 Å². The summed E-state index contributed by atoms with van der Waals surface area (Å²) in [5, 5.41) is 35.1. The number of para-hydroxylation sites is 1. The molecular weight excluding hydrogens is 783 g/mol. The number of rotatable bonds is 14. The van der Waals surface area contributed by atoms with Gasteiger partial charge in [0.25, 0.3) is 0 Å². The van der Waals surface area contributed by atoms with Crippen molar-refractivity contribution in [1.82, 2.24) is 35.6 Å². The summed E-state index contributed by atoms with van der Waals surface area (Å²) in [7, 11) is 0. The lowest BCUT2D eigenvalue weighted by molar-refractivity contribution is -0.144. The van der Waals surface area contributed by atoms with Crippen molar-refractivity contribution >= 4 is 46.5 Å². The summed E-state index contributed by atoms with van der Waals surface area (Å²) in [5.41, 5.74) is 12.0. The minimum atomic E-state index is -0.915. The Labute approximate surface area is 355 Å². The van der Waals surface area contributed by atoms with E-state index in [2.05, 4.69) is 30.7 Å². The Morgan fingerprint density at radius 2 is 1.65 bits per heavy atom. The van der Waals surface area contributed by atoms with Crippen LogP contribution in [0.4, 0.5) is 11.5 Å². The highest BCUT2D eigenvalue weighted by atomic mass is 32.1. The predicted molar refractivity (Wildman–Crippen MR) is 232 cm³/mol. The van der Waals surface area contributed by atoms with Gasteiger partial charge in [-0.3, -0.25) is 19.2 Å². The second kappa shape index (κ2) is 19.2. The average molecular weight is 840 g/mol. The highest BCUT2D eigenvalue weighted by Crippen LogP contribution is 2.33. The number of aromatic nitrogens is 3. The molecule has 320 valence electrons. The Hall–Kier alpha value is -5.61. The van der Waals surface area contributed by atoms with Gasteiger partial charge in [-0.2, -0.15) is 0 Å². The zero-order valence-corrected chi connectivity index (χ0v) is 35.9. The number of piperazine rings is 1. The summed E-state index contributed by atoms with van der Waals surface area (Å²) in [4.78, 5) is 64.8. The molecule has 2 saturated heterocycles. The van der Waals surface area contributed by atoms with E-state index in [9.17, 15) is 29.4 Å². The van der Waals surface area contributed by atoms with Crippen molar-refractivity contribution in [3.8, 4) is 27.4 Å². The van der Waals surface area contributed by atoms with Crippen molar-refractivity contribution < 1.29 is 29.4 Å². The number of aliphatic hydroxyl groups excluding tert-OH is 1. The lowest BCUT2D eigenvalue weighted by Crippen LogP contribution is -2.57. The van der Waals surface area contributed by atoms with Gasteiger partial charge in [0.15, 0.2) is 5.82 Å². The number of unbranched alkanes of at least 4 members (excludes halogenated alkanes) is 2. The number of nitrogens with one attached hydrogen (secondary N) is 2. The van der Waals surface area contributed by atoms with Crippen LogP contribution in [-0.4, -0.2) is 110 Å². The Balaban J connectivity index is 0.943. The van der Waals surface area contributed by atoms with Crippen molar-refractivity contribution in [3.05, 3.63) is 71.4 Å². The van der Waals surface area contributed by atoms with Crippen LogP contribution in [0, 0.1) is 12.3 Å². The van der Waals surface area contributed by atoms with Gasteiger partial charge in [-0.15, -0.1) is 21.5 Å². The van der Waals surface area contributed by atoms with Gasteiger partial charge in [0.1, 0.15) is 17.8 Å². The third kappa shape index (κ3) is 10.6. The predicted octanol–water partition coefficient (Wildman–Crippen LogP) is 4.83. The number of hydrogen-bond donors (Lipinski definition) is 5. The van der Waals surface area contributed by atoms with Crippen molar-refractivity contribution in [2.75, 3.05) is 43.4 Å². The summed E-state index contributed by atoms with van der Waals surface area (Å²) in [6.45, 7) is 11.6. The standard InChI is InChI=1S/C44H57N9O6S/c1-27(29-15-17-30(18-16-29)39-28(2)46-26-60-39)47-42(58)35-23-31(54)25-53(35)43(59)40(44(3,4)5)48-37(56)13-7-6-8-14-38(57)52-21-19-51(20-22-52)34-24-33(49-50-41(34)45)32-11-9-10-12-36(32)55/h9-12,15-18,24,26-27,31,35,40,54-55H,6-8,13-14,19-23,25H2,1-5H3,(H2,45,50)(H,47,58)(H,48,56)/t27-,31+,35-,40+/m1/s1. The number of phenolic OH excluding ortho intramolecular Hbond substituents is 1. The number of β-amino-alcohol motifs (C(OH)–C–C–N with tert-alkyl or cyclic N) is 1. The number of aromatic hydroxyl groups is 1. The maximum absolute atomic E-state index is 14.1. The minimum absolute atomic E-state index is 0.00466. The number of aliphatic hydroxyl groups is 1. The van der Waals surface area contributed by atoms with E-state index in [4.69, 9.17) is 5.73 Å². The van der Waals surface area contributed by atoms with Crippen LogP contribution in [-0.2, 0) is 19.2 Å². The molecule has 0 spiro atoms. The zero-order chi connectivity index (χ0) is 43.1. The van der Waals surface area contributed by atoms with Crippen LogP contribution < -0.4 is 21.3 Å². The number of likely N-dealkylation sites (tertiary alicyclic amines) is 1. The second-order valence-electron chi connectivity index (χ2n) is 16.8. The lowest BCUT2D eigenvalue weighted by Gasteiger charge is -2.36. The van der Waals surface area contributed by atoms with Gasteiger partial charge in [-0.25, -0.2) is 4.98 Å². The van der Waals surface area contributed by atoms with Gasteiger partial charge >= 0.3 is 0 Å². The number of amides is 4. The molecule has 2 fully saturated rings. The molecule has 15 nitrogen and oxygen atoms in total. The first-order chi connectivity index (χ1) is 28.6. The number of carbonyl (C=O) groups is 4. The van der Waals surface area contributed by atoms with Crippen LogP contribution in [0.25, 0.3) is 21.7 Å². The lowest BCUT2D eigenvalue weighted by atomic mass is 9.85. The zero-order valence-electron chi connectivity index (χ0n) is 35.1. The molecule has 16 heteroatoms. The van der Waals surface area contributed by atoms with Crippen LogP contribution in [0.1, 0.15) is 83.5 Å².